The number of amides is 3. The van der Waals surface area contributed by atoms with E-state index in [9.17, 15) is 14.4 Å². The molecule has 1 saturated carbocycles. The minimum absolute atomic E-state index is 0.0546. The predicted octanol–water partition coefficient (Wildman–Crippen LogP) is 3.65. The lowest BCUT2D eigenvalue weighted by molar-refractivity contribution is -0.139. The van der Waals surface area contributed by atoms with Crippen LogP contribution in [0, 0.1) is 0 Å². The Morgan fingerprint density at radius 2 is 1.72 bits per heavy atom. The van der Waals surface area contributed by atoms with E-state index in [0.717, 1.165) is 44.9 Å². The lowest BCUT2D eigenvalue weighted by Crippen LogP contribution is -2.57. The van der Waals surface area contributed by atoms with Crippen LogP contribution in [0.5, 0.6) is 5.75 Å². The van der Waals surface area contributed by atoms with Crippen molar-refractivity contribution in [3.63, 3.8) is 0 Å². The zero-order valence-corrected chi connectivity index (χ0v) is 19.6. The van der Waals surface area contributed by atoms with Gasteiger partial charge in [-0.3, -0.25) is 19.3 Å². The van der Waals surface area contributed by atoms with E-state index in [0.29, 0.717) is 17.0 Å². The van der Waals surface area contributed by atoms with Crippen molar-refractivity contribution in [3.8, 4) is 5.75 Å². The van der Waals surface area contributed by atoms with Gasteiger partial charge in [0, 0.05) is 23.7 Å². The Balaban J connectivity index is 1.61. The molecule has 1 N–H and O–H groups in total. The maximum Gasteiger partial charge on any atom is 0.271 e. The number of nitrogens with one attached hydrogen (secondary N) is 1. The molecule has 3 amide bonds. The molecule has 174 valence electrons. The van der Waals surface area contributed by atoms with Gasteiger partial charge in [-0.15, -0.1) is 0 Å². The number of carbonyl (C=O) groups is 3. The summed E-state index contributed by atoms with van der Waals surface area (Å²) >= 11 is 0. The van der Waals surface area contributed by atoms with Crippen molar-refractivity contribution in [2.24, 2.45) is 0 Å². The Morgan fingerprint density at radius 1 is 1.06 bits per heavy atom. The number of rotatable bonds is 4. The smallest absolute Gasteiger partial charge is 0.271 e. The van der Waals surface area contributed by atoms with Gasteiger partial charge in [-0.2, -0.15) is 0 Å². The van der Waals surface area contributed by atoms with E-state index >= 15 is 0 Å². The lowest BCUT2D eigenvalue weighted by atomic mass is 9.97. The zero-order valence-electron chi connectivity index (χ0n) is 19.6. The number of nitrogens with zero attached hydrogens (tertiary/aromatic N) is 2. The van der Waals surface area contributed by atoms with Crippen molar-refractivity contribution in [2.45, 2.75) is 96.4 Å². The number of hydrogen-bond acceptors (Lipinski definition) is 4. The molecule has 3 aliphatic rings. The molecule has 4 rings (SSSR count). The Kier molecular flexibility index (Phi) is 6.19. The topological polar surface area (TPSA) is 79.0 Å². The summed E-state index contributed by atoms with van der Waals surface area (Å²) in [5.74, 6) is 0.0209. The number of piperidine rings is 1. The van der Waals surface area contributed by atoms with E-state index < -0.39 is 5.60 Å². The summed E-state index contributed by atoms with van der Waals surface area (Å²) in [4.78, 5) is 42.8. The van der Waals surface area contributed by atoms with Crippen molar-refractivity contribution in [3.05, 3.63) is 23.8 Å². The van der Waals surface area contributed by atoms with E-state index in [-0.39, 0.29) is 42.4 Å². The van der Waals surface area contributed by atoms with Crippen LogP contribution in [0.15, 0.2) is 18.2 Å². The second kappa shape index (κ2) is 8.75. The summed E-state index contributed by atoms with van der Waals surface area (Å²) < 4.78 is 5.95. The summed E-state index contributed by atoms with van der Waals surface area (Å²) in [7, 11) is 0. The van der Waals surface area contributed by atoms with Crippen LogP contribution in [0.1, 0.15) is 83.0 Å². The second-order valence-electron chi connectivity index (χ2n) is 10.1. The molecule has 1 aromatic carbocycles. The normalized spacial score (nSPS) is 25.3. The highest BCUT2D eigenvalue weighted by Gasteiger charge is 2.43. The van der Waals surface area contributed by atoms with E-state index in [1.165, 1.54) is 4.90 Å². The number of benzene rings is 1. The van der Waals surface area contributed by atoms with Gasteiger partial charge in [0.15, 0.2) is 5.60 Å². The standard InChI is InChI=1S/C25H35N3O4/c1-16-8-7-9-17(2)28(16)22(29)15-27-20-14-18(23(30)26-19-10-5-6-11-19)12-13-21(20)32-25(3,4)24(27)31/h12-14,16-17,19H,5-11,15H2,1-4H3,(H,26,30)/t16-,17-/m1/s1. The summed E-state index contributed by atoms with van der Waals surface area (Å²) in [5, 5.41) is 3.09. The van der Waals surface area contributed by atoms with Gasteiger partial charge in [0.2, 0.25) is 5.91 Å². The summed E-state index contributed by atoms with van der Waals surface area (Å²) in [6, 6.07) is 5.65. The SMILES string of the molecule is C[C@@H]1CCC[C@@H](C)N1C(=O)CN1C(=O)C(C)(C)Oc2ccc(C(=O)NC3CCCC3)cc21. The van der Waals surface area contributed by atoms with Crippen molar-refractivity contribution < 1.29 is 19.1 Å². The maximum atomic E-state index is 13.3. The third kappa shape index (κ3) is 4.34. The summed E-state index contributed by atoms with van der Waals surface area (Å²) in [6.07, 6.45) is 7.32. The first-order chi connectivity index (χ1) is 15.2. The number of anilines is 1. The minimum Gasteiger partial charge on any atom is -0.476 e. The molecule has 0 aromatic heterocycles. The minimum atomic E-state index is -1.08. The highest BCUT2D eigenvalue weighted by Crippen LogP contribution is 2.39. The Morgan fingerprint density at radius 3 is 2.38 bits per heavy atom. The van der Waals surface area contributed by atoms with Crippen LogP contribution in [0.3, 0.4) is 0 Å². The van der Waals surface area contributed by atoms with Crippen LogP contribution in [-0.4, -0.2) is 52.9 Å². The molecule has 2 fully saturated rings. The van der Waals surface area contributed by atoms with Crippen molar-refractivity contribution >= 4 is 23.4 Å². The van der Waals surface area contributed by atoms with E-state index in [2.05, 4.69) is 19.2 Å². The number of ether oxygens (including phenoxy) is 1. The van der Waals surface area contributed by atoms with Gasteiger partial charge in [0.1, 0.15) is 12.3 Å². The van der Waals surface area contributed by atoms with Crippen LogP contribution in [0.2, 0.25) is 0 Å². The molecule has 7 nitrogen and oxygen atoms in total. The van der Waals surface area contributed by atoms with Gasteiger partial charge in [0.25, 0.3) is 11.8 Å². The first-order valence-corrected chi connectivity index (χ1v) is 11.9. The van der Waals surface area contributed by atoms with Crippen LogP contribution in [0.4, 0.5) is 5.69 Å². The third-order valence-electron chi connectivity index (χ3n) is 7.10. The molecule has 2 aliphatic heterocycles. The van der Waals surface area contributed by atoms with Gasteiger partial charge < -0.3 is 15.0 Å². The zero-order chi connectivity index (χ0) is 23.0. The average molecular weight is 442 g/mol. The fraction of sp³-hybridized carbons (Fsp3) is 0.640. The first-order valence-electron chi connectivity index (χ1n) is 11.9. The van der Waals surface area contributed by atoms with Crippen LogP contribution >= 0.6 is 0 Å². The Hall–Kier alpha value is -2.57. The Bertz CT molecular complexity index is 896. The molecule has 0 bridgehead atoms. The summed E-state index contributed by atoms with van der Waals surface area (Å²) in [6.45, 7) is 7.50. The predicted molar refractivity (Wildman–Crippen MR) is 123 cm³/mol. The van der Waals surface area contributed by atoms with Crippen molar-refractivity contribution in [1.82, 2.24) is 10.2 Å². The first kappa shape index (κ1) is 22.6. The molecule has 1 aliphatic carbocycles. The van der Waals surface area contributed by atoms with Gasteiger partial charge in [-0.05, 0) is 78.0 Å². The van der Waals surface area contributed by atoms with Crippen molar-refractivity contribution in [2.75, 3.05) is 11.4 Å². The van der Waals surface area contributed by atoms with Crippen molar-refractivity contribution in [1.29, 1.82) is 0 Å². The number of carbonyl (C=O) groups excluding carboxylic acids is 3. The van der Waals surface area contributed by atoms with Gasteiger partial charge >= 0.3 is 0 Å². The second-order valence-corrected chi connectivity index (χ2v) is 10.1. The largest absolute Gasteiger partial charge is 0.476 e. The number of fused-ring (bicyclic) bond motifs is 1. The lowest BCUT2D eigenvalue weighted by Gasteiger charge is -2.42. The van der Waals surface area contributed by atoms with Crippen LogP contribution < -0.4 is 15.0 Å². The molecule has 2 atom stereocenters. The van der Waals surface area contributed by atoms with Gasteiger partial charge in [-0.25, -0.2) is 0 Å². The molecule has 0 spiro atoms. The third-order valence-corrected chi connectivity index (χ3v) is 7.10. The molecular formula is C25H35N3O4. The molecule has 0 unspecified atom stereocenters. The highest BCUT2D eigenvalue weighted by molar-refractivity contribution is 6.07. The van der Waals surface area contributed by atoms with E-state index in [1.54, 1.807) is 32.0 Å². The molecule has 1 aromatic rings. The average Bonchev–Trinajstić information content (AvgIpc) is 3.24. The molecule has 32 heavy (non-hydrogen) atoms. The summed E-state index contributed by atoms with van der Waals surface area (Å²) in [5.41, 5.74) is -0.122. The molecule has 0 radical (unpaired) electrons. The fourth-order valence-corrected chi connectivity index (χ4v) is 5.33. The van der Waals surface area contributed by atoms with Gasteiger partial charge in [0.05, 0.1) is 5.69 Å². The molecule has 1 saturated heterocycles. The van der Waals surface area contributed by atoms with Crippen LogP contribution in [-0.2, 0) is 9.59 Å². The monoisotopic (exact) mass is 441 g/mol. The Labute approximate surface area is 190 Å². The highest BCUT2D eigenvalue weighted by atomic mass is 16.5. The van der Waals surface area contributed by atoms with E-state index in [1.807, 2.05) is 4.90 Å². The molecule has 2 heterocycles. The van der Waals surface area contributed by atoms with Gasteiger partial charge in [-0.1, -0.05) is 12.8 Å². The molecular weight excluding hydrogens is 406 g/mol. The fourth-order valence-electron chi connectivity index (χ4n) is 5.33. The quantitative estimate of drug-likeness (QED) is 0.774. The van der Waals surface area contributed by atoms with Crippen LogP contribution in [0.25, 0.3) is 0 Å². The molecule has 7 heteroatoms. The van der Waals surface area contributed by atoms with E-state index in [4.69, 9.17) is 4.74 Å². The maximum absolute atomic E-state index is 13.3. The number of hydrogen-bond donors (Lipinski definition) is 1. The number of likely N-dealkylation sites (tertiary alicyclic amines) is 1.